The van der Waals surface area contributed by atoms with E-state index in [9.17, 15) is 0 Å². The monoisotopic (exact) mass is 283 g/mol. The summed E-state index contributed by atoms with van der Waals surface area (Å²) in [5.74, 6) is 1.57. The molecule has 1 N–H and O–H groups in total. The van der Waals surface area contributed by atoms with E-state index in [0.29, 0.717) is 12.0 Å². The zero-order chi connectivity index (χ0) is 15.2. The standard InChI is InChI=1S/C19H25NO/c1-14(2)12-18(16-8-6-5-7-9-16)20-17-10-11-19(21-4)15(3)13-17/h5-11,13-14,18,20H,12H2,1-4H3. The Morgan fingerprint density at radius 1 is 1.05 bits per heavy atom. The molecule has 0 fully saturated rings. The van der Waals surface area contributed by atoms with Crippen LogP contribution in [0.2, 0.25) is 0 Å². The number of methoxy groups -OCH3 is 1. The maximum Gasteiger partial charge on any atom is 0.121 e. The molecule has 0 saturated heterocycles. The fraction of sp³-hybridized carbons (Fsp3) is 0.368. The van der Waals surface area contributed by atoms with Crippen LogP contribution in [0.1, 0.15) is 37.4 Å². The molecule has 2 rings (SSSR count). The molecule has 0 aliphatic rings. The summed E-state index contributed by atoms with van der Waals surface area (Å²) in [4.78, 5) is 0. The molecule has 0 saturated carbocycles. The molecule has 0 radical (unpaired) electrons. The van der Waals surface area contributed by atoms with Crippen molar-refractivity contribution in [3.8, 4) is 5.75 Å². The Morgan fingerprint density at radius 3 is 2.33 bits per heavy atom. The Morgan fingerprint density at radius 2 is 1.76 bits per heavy atom. The third-order valence-corrected chi connectivity index (χ3v) is 3.64. The SMILES string of the molecule is COc1ccc(NC(CC(C)C)c2ccccc2)cc1C. The molecule has 1 atom stereocenters. The number of aryl methyl sites for hydroxylation is 1. The summed E-state index contributed by atoms with van der Waals surface area (Å²) in [6, 6.07) is 17.2. The van der Waals surface area contributed by atoms with Gasteiger partial charge in [0.05, 0.1) is 13.2 Å². The van der Waals surface area contributed by atoms with Crippen LogP contribution in [0.15, 0.2) is 48.5 Å². The molecule has 2 heteroatoms. The van der Waals surface area contributed by atoms with Gasteiger partial charge < -0.3 is 10.1 Å². The van der Waals surface area contributed by atoms with Crippen molar-refractivity contribution in [1.82, 2.24) is 0 Å². The predicted octanol–water partition coefficient (Wildman–Crippen LogP) is 5.20. The Bertz CT molecular complexity index is 563. The van der Waals surface area contributed by atoms with Gasteiger partial charge in [0.25, 0.3) is 0 Å². The lowest BCUT2D eigenvalue weighted by molar-refractivity contribution is 0.411. The third-order valence-electron chi connectivity index (χ3n) is 3.64. The van der Waals surface area contributed by atoms with Crippen LogP contribution in [0, 0.1) is 12.8 Å². The lowest BCUT2D eigenvalue weighted by Gasteiger charge is -2.23. The average Bonchev–Trinajstić information content (AvgIpc) is 2.47. The van der Waals surface area contributed by atoms with Crippen molar-refractivity contribution in [3.05, 3.63) is 59.7 Å². The molecule has 1 unspecified atom stereocenters. The normalized spacial score (nSPS) is 12.2. The summed E-state index contributed by atoms with van der Waals surface area (Å²) in [7, 11) is 1.71. The van der Waals surface area contributed by atoms with Crippen LogP contribution in [0.25, 0.3) is 0 Å². The van der Waals surface area contributed by atoms with Gasteiger partial charge in [-0.3, -0.25) is 0 Å². The molecule has 2 nitrogen and oxygen atoms in total. The first kappa shape index (κ1) is 15.4. The second-order valence-electron chi connectivity index (χ2n) is 5.92. The van der Waals surface area contributed by atoms with Gasteiger partial charge in [0, 0.05) is 5.69 Å². The van der Waals surface area contributed by atoms with Crippen LogP contribution in [-0.2, 0) is 0 Å². The summed E-state index contributed by atoms with van der Waals surface area (Å²) in [5, 5.41) is 3.66. The highest BCUT2D eigenvalue weighted by Gasteiger charge is 2.13. The molecule has 0 amide bonds. The van der Waals surface area contributed by atoms with E-state index in [1.165, 1.54) is 5.56 Å². The topological polar surface area (TPSA) is 21.3 Å². The van der Waals surface area contributed by atoms with Gasteiger partial charge in [-0.15, -0.1) is 0 Å². The van der Waals surface area contributed by atoms with Crippen molar-refractivity contribution >= 4 is 5.69 Å². The first-order valence-corrected chi connectivity index (χ1v) is 7.56. The van der Waals surface area contributed by atoms with E-state index < -0.39 is 0 Å². The Hall–Kier alpha value is -1.96. The van der Waals surface area contributed by atoms with E-state index in [1.54, 1.807) is 7.11 Å². The number of benzene rings is 2. The van der Waals surface area contributed by atoms with Crippen molar-refractivity contribution in [3.63, 3.8) is 0 Å². The van der Waals surface area contributed by atoms with Gasteiger partial charge in [-0.25, -0.2) is 0 Å². The molecule has 2 aromatic carbocycles. The molecule has 0 aliphatic heterocycles. The van der Waals surface area contributed by atoms with Crippen LogP contribution in [-0.4, -0.2) is 7.11 Å². The molecular weight excluding hydrogens is 258 g/mol. The van der Waals surface area contributed by atoms with E-state index in [0.717, 1.165) is 23.4 Å². The quantitative estimate of drug-likeness (QED) is 0.786. The molecular formula is C19H25NO. The van der Waals surface area contributed by atoms with Crippen molar-refractivity contribution in [2.24, 2.45) is 5.92 Å². The lowest BCUT2D eigenvalue weighted by atomic mass is 9.96. The van der Waals surface area contributed by atoms with Gasteiger partial charge in [-0.05, 0) is 48.6 Å². The molecule has 112 valence electrons. The molecule has 21 heavy (non-hydrogen) atoms. The largest absolute Gasteiger partial charge is 0.496 e. The highest BCUT2D eigenvalue weighted by atomic mass is 16.5. The maximum atomic E-state index is 5.33. The zero-order valence-corrected chi connectivity index (χ0v) is 13.4. The molecule has 0 spiro atoms. The number of anilines is 1. The fourth-order valence-electron chi connectivity index (χ4n) is 2.60. The van der Waals surface area contributed by atoms with Crippen molar-refractivity contribution in [1.29, 1.82) is 0 Å². The lowest BCUT2D eigenvalue weighted by Crippen LogP contribution is -2.13. The summed E-state index contributed by atoms with van der Waals surface area (Å²) < 4.78 is 5.33. The minimum absolute atomic E-state index is 0.332. The van der Waals surface area contributed by atoms with Gasteiger partial charge in [-0.1, -0.05) is 44.2 Å². The number of nitrogens with one attached hydrogen (secondary N) is 1. The Kier molecular flexibility index (Phi) is 5.26. The van der Waals surface area contributed by atoms with Gasteiger partial charge in [-0.2, -0.15) is 0 Å². The van der Waals surface area contributed by atoms with Crippen LogP contribution < -0.4 is 10.1 Å². The fourth-order valence-corrected chi connectivity index (χ4v) is 2.60. The summed E-state index contributed by atoms with van der Waals surface area (Å²) >= 11 is 0. The first-order chi connectivity index (χ1) is 10.1. The third kappa shape index (κ3) is 4.25. The minimum atomic E-state index is 0.332. The van der Waals surface area contributed by atoms with Crippen LogP contribution in [0.4, 0.5) is 5.69 Å². The second kappa shape index (κ2) is 7.16. The average molecular weight is 283 g/mol. The van der Waals surface area contributed by atoms with E-state index in [1.807, 2.05) is 6.07 Å². The smallest absolute Gasteiger partial charge is 0.121 e. The summed E-state index contributed by atoms with van der Waals surface area (Å²) in [6.07, 6.45) is 1.11. The molecule has 2 aromatic rings. The predicted molar refractivity (Wildman–Crippen MR) is 90.0 cm³/mol. The highest BCUT2D eigenvalue weighted by Crippen LogP contribution is 2.28. The minimum Gasteiger partial charge on any atom is -0.496 e. The maximum absolute atomic E-state index is 5.33. The van der Waals surface area contributed by atoms with Gasteiger partial charge in [0.15, 0.2) is 0 Å². The van der Waals surface area contributed by atoms with Crippen LogP contribution in [0.5, 0.6) is 5.75 Å². The molecule has 0 heterocycles. The second-order valence-corrected chi connectivity index (χ2v) is 5.92. The van der Waals surface area contributed by atoms with E-state index >= 15 is 0 Å². The molecule has 0 aliphatic carbocycles. The van der Waals surface area contributed by atoms with E-state index in [-0.39, 0.29) is 0 Å². The number of rotatable bonds is 6. The van der Waals surface area contributed by atoms with Gasteiger partial charge in [0.1, 0.15) is 5.75 Å². The highest BCUT2D eigenvalue weighted by molar-refractivity contribution is 5.52. The van der Waals surface area contributed by atoms with E-state index in [4.69, 9.17) is 4.74 Å². The van der Waals surface area contributed by atoms with Crippen molar-refractivity contribution in [2.45, 2.75) is 33.2 Å². The van der Waals surface area contributed by atoms with Crippen molar-refractivity contribution < 1.29 is 4.74 Å². The van der Waals surface area contributed by atoms with Crippen molar-refractivity contribution in [2.75, 3.05) is 12.4 Å². The summed E-state index contributed by atoms with van der Waals surface area (Å²) in [6.45, 7) is 6.60. The zero-order valence-electron chi connectivity index (χ0n) is 13.4. The number of hydrogen-bond acceptors (Lipinski definition) is 2. The molecule has 0 bridgehead atoms. The van der Waals surface area contributed by atoms with Crippen LogP contribution >= 0.6 is 0 Å². The van der Waals surface area contributed by atoms with Crippen LogP contribution in [0.3, 0.4) is 0 Å². The number of ether oxygens (including phenoxy) is 1. The van der Waals surface area contributed by atoms with E-state index in [2.05, 4.69) is 68.6 Å². The van der Waals surface area contributed by atoms with Gasteiger partial charge in [0.2, 0.25) is 0 Å². The Labute approximate surface area is 128 Å². The van der Waals surface area contributed by atoms with Gasteiger partial charge >= 0.3 is 0 Å². The first-order valence-electron chi connectivity index (χ1n) is 7.56. The summed E-state index contributed by atoms with van der Waals surface area (Å²) in [5.41, 5.74) is 3.63. The molecule has 0 aromatic heterocycles. The number of hydrogen-bond donors (Lipinski definition) is 1. The Balaban J connectivity index is 2.21.